The largest absolute Gasteiger partial charge is 0.335 e. The van der Waals surface area contributed by atoms with Crippen molar-refractivity contribution in [2.75, 3.05) is 8.43 Å². The van der Waals surface area contributed by atoms with E-state index in [1.165, 1.54) is 27.3 Å². The number of pyridine rings is 1. The Labute approximate surface area is 168 Å². The summed E-state index contributed by atoms with van der Waals surface area (Å²) in [6, 6.07) is 1.52. The minimum atomic E-state index is -0.264. The Kier molecular flexibility index (Phi) is 4.94. The van der Waals surface area contributed by atoms with Gasteiger partial charge in [-0.15, -0.1) is 11.3 Å². The van der Waals surface area contributed by atoms with Gasteiger partial charge >= 0.3 is 6.03 Å². The molecule has 0 bridgehead atoms. The van der Waals surface area contributed by atoms with Gasteiger partial charge in [-0.3, -0.25) is 4.79 Å². The quantitative estimate of drug-likeness (QED) is 0.462. The molecule has 3 amide bonds. The molecule has 0 fully saturated rings. The molecule has 0 spiro atoms. The van der Waals surface area contributed by atoms with E-state index in [2.05, 4.69) is 27.8 Å². The molecule has 26 heavy (non-hydrogen) atoms. The van der Waals surface area contributed by atoms with Crippen LogP contribution >= 0.6 is 34.2 Å². The van der Waals surface area contributed by atoms with Gasteiger partial charge in [-0.05, 0) is 37.8 Å². The zero-order valence-corrected chi connectivity index (χ0v) is 16.9. The summed E-state index contributed by atoms with van der Waals surface area (Å²) in [5, 5.41) is 6.63. The first-order chi connectivity index (χ1) is 12.6. The SMILES string of the molecule is O=C(NC1=CCCCCCC=C1)c1sc2nccc3c2c1NC(=O)N3I. The number of amides is 3. The number of nitrogens with zero attached hydrogens (tertiary/aromatic N) is 2. The molecule has 0 aromatic carbocycles. The summed E-state index contributed by atoms with van der Waals surface area (Å²) in [4.78, 5) is 30.7. The number of allylic oxidation sites excluding steroid dienone is 3. The minimum Gasteiger partial charge on any atom is -0.322 e. The summed E-state index contributed by atoms with van der Waals surface area (Å²) >= 11 is 3.25. The maximum atomic E-state index is 12.9. The lowest BCUT2D eigenvalue weighted by atomic mass is 10.1. The van der Waals surface area contributed by atoms with E-state index in [4.69, 9.17) is 0 Å². The molecule has 1 aliphatic carbocycles. The summed E-state index contributed by atoms with van der Waals surface area (Å²) in [7, 11) is 0. The number of hydrogen-bond donors (Lipinski definition) is 2. The van der Waals surface area contributed by atoms with Crippen molar-refractivity contribution in [1.82, 2.24) is 10.3 Å². The van der Waals surface area contributed by atoms with Crippen LogP contribution in [0.1, 0.15) is 41.8 Å². The van der Waals surface area contributed by atoms with Crippen LogP contribution in [0.5, 0.6) is 0 Å². The van der Waals surface area contributed by atoms with Crippen LogP contribution in [0.3, 0.4) is 0 Å². The molecule has 6 nitrogen and oxygen atoms in total. The van der Waals surface area contributed by atoms with Gasteiger partial charge in [0.25, 0.3) is 5.91 Å². The summed E-state index contributed by atoms with van der Waals surface area (Å²) in [6.07, 6.45) is 13.3. The molecule has 3 heterocycles. The van der Waals surface area contributed by atoms with E-state index in [0.29, 0.717) is 10.6 Å². The molecule has 8 heteroatoms. The first kappa shape index (κ1) is 17.5. The monoisotopic (exact) mass is 480 g/mol. The summed E-state index contributed by atoms with van der Waals surface area (Å²) < 4.78 is 1.51. The summed E-state index contributed by atoms with van der Waals surface area (Å²) in [5.74, 6) is -0.216. The van der Waals surface area contributed by atoms with Crippen molar-refractivity contribution in [1.29, 1.82) is 0 Å². The van der Waals surface area contributed by atoms with Crippen molar-refractivity contribution in [3.8, 4) is 0 Å². The van der Waals surface area contributed by atoms with Gasteiger partial charge < -0.3 is 10.6 Å². The van der Waals surface area contributed by atoms with E-state index < -0.39 is 0 Å². The highest BCUT2D eigenvalue weighted by Gasteiger charge is 2.30. The van der Waals surface area contributed by atoms with Crippen molar-refractivity contribution in [2.24, 2.45) is 0 Å². The molecule has 2 aliphatic rings. The number of halogens is 1. The van der Waals surface area contributed by atoms with E-state index in [1.807, 2.05) is 28.9 Å². The Hall–Kier alpha value is -1.94. The third-order valence-electron chi connectivity index (χ3n) is 4.39. The van der Waals surface area contributed by atoms with Gasteiger partial charge in [0.15, 0.2) is 0 Å². The van der Waals surface area contributed by atoms with E-state index in [1.54, 1.807) is 12.3 Å². The van der Waals surface area contributed by atoms with Crippen LogP contribution < -0.4 is 13.7 Å². The van der Waals surface area contributed by atoms with Gasteiger partial charge in [-0.2, -0.15) is 0 Å². The van der Waals surface area contributed by atoms with Crippen molar-refractivity contribution in [3.63, 3.8) is 0 Å². The number of thiophene rings is 1. The highest BCUT2D eigenvalue weighted by Crippen LogP contribution is 2.44. The average molecular weight is 480 g/mol. The van der Waals surface area contributed by atoms with Crippen LogP contribution in [0.2, 0.25) is 0 Å². The third kappa shape index (κ3) is 3.23. The molecule has 2 aromatic rings. The van der Waals surface area contributed by atoms with Crippen LogP contribution in [0.15, 0.2) is 36.2 Å². The average Bonchev–Trinajstić information content (AvgIpc) is 3.05. The van der Waals surface area contributed by atoms with Crippen LogP contribution in [-0.4, -0.2) is 16.9 Å². The highest BCUT2D eigenvalue weighted by atomic mass is 127. The van der Waals surface area contributed by atoms with E-state index in [-0.39, 0.29) is 11.9 Å². The third-order valence-corrected chi connectivity index (χ3v) is 6.45. The maximum Gasteiger partial charge on any atom is 0.335 e. The summed E-state index contributed by atoms with van der Waals surface area (Å²) in [5.41, 5.74) is 2.12. The van der Waals surface area contributed by atoms with E-state index in [9.17, 15) is 9.59 Å². The number of aromatic nitrogens is 1. The lowest BCUT2D eigenvalue weighted by Gasteiger charge is -2.22. The molecule has 0 saturated heterocycles. The van der Waals surface area contributed by atoms with Crippen LogP contribution in [0, 0.1) is 0 Å². The normalized spacial score (nSPS) is 17.2. The van der Waals surface area contributed by atoms with Gasteiger partial charge in [-0.25, -0.2) is 12.9 Å². The molecule has 0 atom stereocenters. The Morgan fingerprint density at radius 1 is 1.31 bits per heavy atom. The number of nitrogens with one attached hydrogen (secondary N) is 2. The standard InChI is InChI=1S/C18H17IN4O2S/c19-23-12-9-10-20-17-13(12)14(22-18(23)25)15(26-17)16(24)21-11-7-5-3-1-2-4-6-8-11/h5,7-10H,1-4,6H2,(H,21,24)(H,22,25). The molecule has 2 aromatic heterocycles. The first-order valence-electron chi connectivity index (χ1n) is 8.51. The predicted molar refractivity (Wildman–Crippen MR) is 113 cm³/mol. The minimum absolute atomic E-state index is 0.216. The molecule has 2 N–H and O–H groups in total. The molecule has 1 aliphatic heterocycles. The number of carbonyl (C=O) groups excluding carboxylic acids is 2. The van der Waals surface area contributed by atoms with Crippen molar-refractivity contribution in [2.45, 2.75) is 32.1 Å². The number of rotatable bonds is 2. The zero-order chi connectivity index (χ0) is 18.1. The topological polar surface area (TPSA) is 74.3 Å². The Morgan fingerprint density at radius 2 is 2.15 bits per heavy atom. The predicted octanol–water partition coefficient (Wildman–Crippen LogP) is 5.13. The number of urea groups is 1. The lowest BCUT2D eigenvalue weighted by Crippen LogP contribution is -2.30. The van der Waals surface area contributed by atoms with Crippen LogP contribution in [-0.2, 0) is 0 Å². The van der Waals surface area contributed by atoms with Crippen molar-refractivity contribution >= 4 is 67.7 Å². The second kappa shape index (κ2) is 7.36. The van der Waals surface area contributed by atoms with Gasteiger partial charge in [-0.1, -0.05) is 18.6 Å². The van der Waals surface area contributed by atoms with Crippen LogP contribution in [0.4, 0.5) is 16.2 Å². The van der Waals surface area contributed by atoms with Crippen molar-refractivity contribution in [3.05, 3.63) is 41.1 Å². The Bertz CT molecular complexity index is 950. The molecule has 0 unspecified atom stereocenters. The second-order valence-electron chi connectivity index (χ2n) is 6.18. The smallest absolute Gasteiger partial charge is 0.322 e. The maximum absolute atomic E-state index is 12.9. The lowest BCUT2D eigenvalue weighted by molar-refractivity contribution is 0.0972. The van der Waals surface area contributed by atoms with Crippen molar-refractivity contribution < 1.29 is 9.59 Å². The zero-order valence-electron chi connectivity index (χ0n) is 13.9. The highest BCUT2D eigenvalue weighted by molar-refractivity contribution is 14.1. The van der Waals surface area contributed by atoms with E-state index in [0.717, 1.165) is 40.9 Å². The van der Waals surface area contributed by atoms with E-state index >= 15 is 0 Å². The number of carbonyl (C=O) groups is 2. The fraction of sp³-hybridized carbons (Fsp3) is 0.278. The first-order valence-corrected chi connectivity index (χ1v) is 10.3. The second-order valence-corrected chi connectivity index (χ2v) is 8.15. The fourth-order valence-electron chi connectivity index (χ4n) is 3.11. The molecular formula is C18H17IN4O2S. The molecule has 134 valence electrons. The molecule has 4 rings (SSSR count). The number of anilines is 2. The Balaban J connectivity index is 1.69. The van der Waals surface area contributed by atoms with Crippen LogP contribution in [0.25, 0.3) is 10.2 Å². The van der Waals surface area contributed by atoms with Gasteiger partial charge in [0.05, 0.1) is 39.6 Å². The molecule has 0 saturated carbocycles. The van der Waals surface area contributed by atoms with Gasteiger partial charge in [0.2, 0.25) is 0 Å². The van der Waals surface area contributed by atoms with Gasteiger partial charge in [0, 0.05) is 11.9 Å². The summed E-state index contributed by atoms with van der Waals surface area (Å²) in [6.45, 7) is 0. The molecule has 0 radical (unpaired) electrons. The number of hydrogen-bond acceptors (Lipinski definition) is 4. The Morgan fingerprint density at radius 3 is 3.04 bits per heavy atom. The molecular weight excluding hydrogens is 463 g/mol. The van der Waals surface area contributed by atoms with Gasteiger partial charge in [0.1, 0.15) is 9.71 Å². The fourth-order valence-corrected chi connectivity index (χ4v) is 4.65.